The summed E-state index contributed by atoms with van der Waals surface area (Å²) in [5.41, 5.74) is 10.6. The molecule has 0 fully saturated rings. The van der Waals surface area contributed by atoms with Crippen LogP contribution in [0.2, 0.25) is 0 Å². The second kappa shape index (κ2) is 9.82. The van der Waals surface area contributed by atoms with Gasteiger partial charge in [0.1, 0.15) is 6.33 Å². The average Bonchev–Trinajstić information content (AvgIpc) is 3.30. The molecule has 1 aliphatic rings. The number of unbranched alkanes of at least 4 members (excludes halogenated alkanes) is 1. The standard InChI is InChI=1S/C22H29IN6S/c1-14(2)12-25-8-3-4-9-29-21-19(20(24)26-13-27-21)28-22(29)30-18-11-16-7-5-6-15(16)10-17(18)23/h10-11,13-14,25H,3-9,12H2,1-2H3,(H2,24,26,27). The number of nitrogens with two attached hydrogens (primary N) is 1. The Balaban J connectivity index is 1.55. The first-order valence-corrected chi connectivity index (χ1v) is 12.6. The third kappa shape index (κ3) is 4.91. The van der Waals surface area contributed by atoms with Crippen LogP contribution in [0.1, 0.15) is 44.2 Å². The van der Waals surface area contributed by atoms with Crippen molar-refractivity contribution in [3.05, 3.63) is 33.2 Å². The van der Waals surface area contributed by atoms with Crippen molar-refractivity contribution >= 4 is 51.3 Å². The van der Waals surface area contributed by atoms with Gasteiger partial charge in [-0.15, -0.1) is 0 Å². The quantitative estimate of drug-likeness (QED) is 0.306. The van der Waals surface area contributed by atoms with Crippen molar-refractivity contribution in [1.82, 2.24) is 24.8 Å². The predicted molar refractivity (Wildman–Crippen MR) is 132 cm³/mol. The zero-order chi connectivity index (χ0) is 21.1. The minimum atomic E-state index is 0.447. The lowest BCUT2D eigenvalue weighted by Crippen LogP contribution is -2.21. The third-order valence-corrected chi connectivity index (χ3v) is 7.72. The summed E-state index contributed by atoms with van der Waals surface area (Å²) in [7, 11) is 0. The summed E-state index contributed by atoms with van der Waals surface area (Å²) in [6.45, 7) is 7.44. The first kappa shape index (κ1) is 21.8. The summed E-state index contributed by atoms with van der Waals surface area (Å²) in [5, 5.41) is 4.47. The number of aromatic nitrogens is 4. The van der Waals surface area contributed by atoms with Crippen LogP contribution >= 0.6 is 34.4 Å². The Morgan fingerprint density at radius 2 is 2.00 bits per heavy atom. The van der Waals surface area contributed by atoms with Crippen molar-refractivity contribution in [2.45, 2.75) is 62.5 Å². The normalized spacial score (nSPS) is 13.5. The molecule has 0 bridgehead atoms. The molecule has 0 spiro atoms. The number of imidazole rings is 1. The molecule has 3 N–H and O–H groups in total. The van der Waals surface area contributed by atoms with Gasteiger partial charge in [0.05, 0.1) is 0 Å². The topological polar surface area (TPSA) is 81.7 Å². The zero-order valence-corrected chi connectivity index (χ0v) is 20.6. The van der Waals surface area contributed by atoms with E-state index in [-0.39, 0.29) is 0 Å². The molecule has 0 atom stereocenters. The predicted octanol–water partition coefficient (Wildman–Crippen LogP) is 4.68. The number of fused-ring (bicyclic) bond motifs is 2. The maximum atomic E-state index is 6.11. The number of halogens is 1. The van der Waals surface area contributed by atoms with E-state index in [1.807, 2.05) is 0 Å². The monoisotopic (exact) mass is 536 g/mol. The molecule has 2 aromatic heterocycles. The van der Waals surface area contributed by atoms with E-state index in [0.717, 1.165) is 43.3 Å². The minimum Gasteiger partial charge on any atom is -0.382 e. The minimum absolute atomic E-state index is 0.447. The van der Waals surface area contributed by atoms with E-state index < -0.39 is 0 Å². The van der Waals surface area contributed by atoms with Gasteiger partial charge < -0.3 is 15.6 Å². The average molecular weight is 536 g/mol. The number of nitrogen functional groups attached to an aromatic ring is 1. The van der Waals surface area contributed by atoms with Gasteiger partial charge in [0, 0.05) is 15.0 Å². The molecule has 8 heteroatoms. The van der Waals surface area contributed by atoms with Gasteiger partial charge in [-0.05, 0) is 97.0 Å². The van der Waals surface area contributed by atoms with Crippen LogP contribution in [0.3, 0.4) is 0 Å². The largest absolute Gasteiger partial charge is 0.382 e. The van der Waals surface area contributed by atoms with Gasteiger partial charge in [0.25, 0.3) is 0 Å². The van der Waals surface area contributed by atoms with Gasteiger partial charge in [0.15, 0.2) is 22.1 Å². The number of hydrogen-bond acceptors (Lipinski definition) is 6. The van der Waals surface area contributed by atoms with Crippen LogP contribution < -0.4 is 11.1 Å². The summed E-state index contributed by atoms with van der Waals surface area (Å²) in [4.78, 5) is 14.7. The number of nitrogens with one attached hydrogen (secondary N) is 1. The van der Waals surface area contributed by atoms with E-state index in [1.54, 1.807) is 11.8 Å². The molecule has 30 heavy (non-hydrogen) atoms. The van der Waals surface area contributed by atoms with Crippen LogP contribution in [0, 0.1) is 9.49 Å². The molecule has 0 unspecified atom stereocenters. The van der Waals surface area contributed by atoms with Gasteiger partial charge in [-0.25, -0.2) is 15.0 Å². The molecule has 0 saturated carbocycles. The highest BCUT2D eigenvalue weighted by molar-refractivity contribution is 14.1. The van der Waals surface area contributed by atoms with Gasteiger partial charge in [-0.3, -0.25) is 0 Å². The Bertz CT molecular complexity index is 1030. The van der Waals surface area contributed by atoms with Gasteiger partial charge >= 0.3 is 0 Å². The summed E-state index contributed by atoms with van der Waals surface area (Å²) in [6, 6.07) is 4.69. The molecule has 3 aromatic rings. The molecule has 0 aliphatic heterocycles. The van der Waals surface area contributed by atoms with Gasteiger partial charge in [0.2, 0.25) is 0 Å². The molecule has 4 rings (SSSR count). The van der Waals surface area contributed by atoms with Crippen LogP contribution in [-0.4, -0.2) is 32.6 Å². The van der Waals surface area contributed by atoms with Crippen LogP contribution in [0.25, 0.3) is 11.2 Å². The van der Waals surface area contributed by atoms with E-state index in [0.29, 0.717) is 17.3 Å². The number of hydrogen-bond donors (Lipinski definition) is 2. The van der Waals surface area contributed by atoms with Crippen LogP contribution in [-0.2, 0) is 19.4 Å². The highest BCUT2D eigenvalue weighted by Crippen LogP contribution is 2.37. The fraction of sp³-hybridized carbons (Fsp3) is 0.500. The first-order valence-electron chi connectivity index (χ1n) is 10.7. The summed E-state index contributed by atoms with van der Waals surface area (Å²) >= 11 is 4.17. The fourth-order valence-corrected chi connectivity index (χ4v) is 5.71. The Kier molecular flexibility index (Phi) is 7.15. The molecule has 0 amide bonds. The van der Waals surface area contributed by atoms with Crippen LogP contribution in [0.4, 0.5) is 5.82 Å². The van der Waals surface area contributed by atoms with Crippen molar-refractivity contribution in [2.24, 2.45) is 5.92 Å². The number of nitrogens with zero attached hydrogens (tertiary/aromatic N) is 4. The molecule has 1 aliphatic carbocycles. The maximum absolute atomic E-state index is 6.11. The molecule has 1 aromatic carbocycles. The van der Waals surface area contributed by atoms with Crippen molar-refractivity contribution in [3.8, 4) is 0 Å². The van der Waals surface area contributed by atoms with Crippen LogP contribution in [0.5, 0.6) is 0 Å². The first-order chi connectivity index (χ1) is 14.5. The highest BCUT2D eigenvalue weighted by atomic mass is 127. The molecule has 160 valence electrons. The Hall–Kier alpha value is -1.39. The zero-order valence-electron chi connectivity index (χ0n) is 17.6. The number of benzene rings is 1. The lowest BCUT2D eigenvalue weighted by atomic mass is 10.1. The van der Waals surface area contributed by atoms with Crippen molar-refractivity contribution in [1.29, 1.82) is 0 Å². The molecular formula is C22H29IN6S. The SMILES string of the molecule is CC(C)CNCCCCn1c(Sc2cc3c(cc2I)CCC3)nc2c(N)ncnc21. The highest BCUT2D eigenvalue weighted by Gasteiger charge is 2.19. The molecule has 2 heterocycles. The third-order valence-electron chi connectivity index (χ3n) is 5.41. The Morgan fingerprint density at radius 1 is 1.20 bits per heavy atom. The summed E-state index contributed by atoms with van der Waals surface area (Å²) < 4.78 is 3.50. The lowest BCUT2D eigenvalue weighted by molar-refractivity contribution is 0.513. The summed E-state index contributed by atoms with van der Waals surface area (Å²) in [6.07, 6.45) is 7.36. The maximum Gasteiger partial charge on any atom is 0.175 e. The second-order valence-corrected chi connectivity index (χ2v) is 10.5. The second-order valence-electron chi connectivity index (χ2n) is 8.29. The van der Waals surface area contributed by atoms with Crippen LogP contribution in [0.15, 0.2) is 28.5 Å². The van der Waals surface area contributed by atoms with Gasteiger partial charge in [-0.1, -0.05) is 25.6 Å². The lowest BCUT2D eigenvalue weighted by Gasteiger charge is -2.11. The number of aryl methyl sites for hydroxylation is 3. The molecule has 6 nitrogen and oxygen atoms in total. The molecule has 0 saturated heterocycles. The Morgan fingerprint density at radius 3 is 2.80 bits per heavy atom. The fourth-order valence-electron chi connectivity index (χ4n) is 3.87. The van der Waals surface area contributed by atoms with Crippen molar-refractivity contribution in [3.63, 3.8) is 0 Å². The van der Waals surface area contributed by atoms with E-state index in [1.165, 1.54) is 45.2 Å². The van der Waals surface area contributed by atoms with E-state index in [9.17, 15) is 0 Å². The van der Waals surface area contributed by atoms with Crippen molar-refractivity contribution in [2.75, 3.05) is 18.8 Å². The number of rotatable bonds is 9. The summed E-state index contributed by atoms with van der Waals surface area (Å²) in [5.74, 6) is 1.13. The Labute approximate surface area is 196 Å². The van der Waals surface area contributed by atoms with E-state index in [2.05, 4.69) is 68.4 Å². The smallest absolute Gasteiger partial charge is 0.175 e. The van der Waals surface area contributed by atoms with E-state index >= 15 is 0 Å². The molecular weight excluding hydrogens is 507 g/mol. The van der Waals surface area contributed by atoms with Gasteiger partial charge in [-0.2, -0.15) is 0 Å². The number of anilines is 1. The molecule has 0 radical (unpaired) electrons. The van der Waals surface area contributed by atoms with E-state index in [4.69, 9.17) is 10.7 Å². The van der Waals surface area contributed by atoms with Crippen molar-refractivity contribution < 1.29 is 0 Å².